The molecule has 2 nitrogen and oxygen atoms in total. The number of epoxide rings is 1. The van der Waals surface area contributed by atoms with Crippen molar-refractivity contribution in [2.45, 2.75) is 12.3 Å². The fourth-order valence-corrected chi connectivity index (χ4v) is 0.335. The first-order valence-corrected chi connectivity index (χ1v) is 3.38. The third-order valence-electron chi connectivity index (χ3n) is 0.754. The maximum Gasteiger partial charge on any atom is 0.411 e. The van der Waals surface area contributed by atoms with E-state index in [9.17, 15) is 13.2 Å². The quantitative estimate of drug-likeness (QED) is 0.500. The highest BCUT2D eigenvalue weighted by molar-refractivity contribution is 6.18. The number of aliphatic hydroxyl groups is 1. The van der Waals surface area contributed by atoms with Crippen molar-refractivity contribution in [1.29, 1.82) is 0 Å². The van der Waals surface area contributed by atoms with E-state index in [2.05, 4.69) is 0 Å². The molecule has 0 amide bonds. The summed E-state index contributed by atoms with van der Waals surface area (Å²) in [6, 6.07) is 0. The lowest BCUT2D eigenvalue weighted by atomic mass is 10.6. The van der Waals surface area contributed by atoms with Crippen molar-refractivity contribution in [3.05, 3.63) is 0 Å². The first-order valence-electron chi connectivity index (χ1n) is 2.84. The minimum absolute atomic E-state index is 0.400. The number of halogens is 4. The van der Waals surface area contributed by atoms with Crippen LogP contribution >= 0.6 is 11.6 Å². The number of aliphatic hydroxyl groups excluding tert-OH is 1. The molecule has 1 atom stereocenters. The molecule has 0 aliphatic carbocycles. The molecule has 11 heavy (non-hydrogen) atoms. The third-order valence-corrected chi connectivity index (χ3v) is 1.10. The summed E-state index contributed by atoms with van der Waals surface area (Å²) in [4.78, 5) is 0. The molecule has 6 heteroatoms. The maximum atomic E-state index is 10.5. The van der Waals surface area contributed by atoms with Gasteiger partial charge in [0.1, 0.15) is 6.61 Å². The van der Waals surface area contributed by atoms with Gasteiger partial charge in [0.15, 0.2) is 0 Å². The second-order valence-electron chi connectivity index (χ2n) is 1.88. The number of hydrogen-bond acceptors (Lipinski definition) is 2. The van der Waals surface area contributed by atoms with E-state index in [0.717, 1.165) is 6.61 Å². The summed E-state index contributed by atoms with van der Waals surface area (Å²) in [6.07, 6.45) is -4.00. The highest BCUT2D eigenvalue weighted by Crippen LogP contribution is 2.11. The molecular formula is C5H8ClF3O2. The topological polar surface area (TPSA) is 32.8 Å². The van der Waals surface area contributed by atoms with E-state index >= 15 is 0 Å². The van der Waals surface area contributed by atoms with Gasteiger partial charge in [0.25, 0.3) is 0 Å². The van der Waals surface area contributed by atoms with E-state index < -0.39 is 12.8 Å². The van der Waals surface area contributed by atoms with Crippen molar-refractivity contribution in [2.75, 3.05) is 19.1 Å². The second-order valence-corrected chi connectivity index (χ2v) is 2.19. The molecule has 0 aromatic rings. The Bertz CT molecular complexity index is 102. The van der Waals surface area contributed by atoms with E-state index in [1.165, 1.54) is 0 Å². The van der Waals surface area contributed by atoms with Crippen LogP contribution in [0.3, 0.4) is 0 Å². The molecule has 1 fully saturated rings. The van der Waals surface area contributed by atoms with Crippen LogP contribution in [-0.2, 0) is 4.74 Å². The number of rotatable bonds is 1. The summed E-state index contributed by atoms with van der Waals surface area (Å²) >= 11 is 5.27. The van der Waals surface area contributed by atoms with Crippen LogP contribution in [0.5, 0.6) is 0 Å². The van der Waals surface area contributed by atoms with Gasteiger partial charge in [0, 0.05) is 0 Å². The van der Waals surface area contributed by atoms with Crippen molar-refractivity contribution in [3.8, 4) is 0 Å². The maximum absolute atomic E-state index is 10.5. The Balaban J connectivity index is 0.000000183. The van der Waals surface area contributed by atoms with E-state index in [1.807, 2.05) is 0 Å². The molecule has 68 valence electrons. The Morgan fingerprint density at radius 3 is 1.91 bits per heavy atom. The molecule has 1 unspecified atom stereocenters. The van der Waals surface area contributed by atoms with Gasteiger partial charge in [-0.1, -0.05) is 0 Å². The monoisotopic (exact) mass is 192 g/mol. The summed E-state index contributed by atoms with van der Waals surface area (Å²) in [7, 11) is 0. The standard InChI is InChI=1S/C3H5ClO.C2H3F3O/c4-1-3-2-5-3;3-2(4,5)1-6/h3H,1-2H2;6H,1H2. The van der Waals surface area contributed by atoms with Crippen molar-refractivity contribution in [3.63, 3.8) is 0 Å². The Morgan fingerprint density at radius 2 is 1.91 bits per heavy atom. The molecule has 1 rings (SSSR count). The van der Waals surface area contributed by atoms with E-state index in [-0.39, 0.29) is 0 Å². The van der Waals surface area contributed by atoms with Crippen molar-refractivity contribution < 1.29 is 23.0 Å². The van der Waals surface area contributed by atoms with Gasteiger partial charge in [-0.05, 0) is 0 Å². The van der Waals surface area contributed by atoms with Gasteiger partial charge in [-0.3, -0.25) is 0 Å². The largest absolute Gasteiger partial charge is 0.411 e. The second kappa shape index (κ2) is 4.79. The molecule has 0 saturated carbocycles. The SMILES string of the molecule is ClCC1CO1.OCC(F)(F)F. The van der Waals surface area contributed by atoms with Crippen LogP contribution in [-0.4, -0.2) is 36.5 Å². The first-order chi connectivity index (χ1) is 4.99. The van der Waals surface area contributed by atoms with Gasteiger partial charge >= 0.3 is 6.18 Å². The smallest absolute Gasteiger partial charge is 0.387 e. The Kier molecular flexibility index (Phi) is 4.79. The summed E-state index contributed by atoms with van der Waals surface area (Å²) in [5, 5.41) is 7.28. The number of ether oxygens (including phenoxy) is 1. The summed E-state index contributed by atoms with van der Waals surface area (Å²) in [5.41, 5.74) is 0. The van der Waals surface area contributed by atoms with Gasteiger partial charge in [-0.25, -0.2) is 0 Å². The minimum Gasteiger partial charge on any atom is -0.387 e. The van der Waals surface area contributed by atoms with E-state index in [0.29, 0.717) is 12.0 Å². The van der Waals surface area contributed by atoms with Gasteiger partial charge in [-0.2, -0.15) is 13.2 Å². The van der Waals surface area contributed by atoms with Crippen LogP contribution in [0.15, 0.2) is 0 Å². The Hall–Kier alpha value is -0.0000000000000000555. The lowest BCUT2D eigenvalue weighted by Gasteiger charge is -1.95. The van der Waals surface area contributed by atoms with Gasteiger partial charge < -0.3 is 9.84 Å². The fourth-order valence-electron chi connectivity index (χ4n) is 0.157. The fraction of sp³-hybridized carbons (Fsp3) is 1.00. The van der Waals surface area contributed by atoms with Crippen LogP contribution < -0.4 is 0 Å². The molecule has 1 aliphatic heterocycles. The van der Waals surface area contributed by atoms with Crippen molar-refractivity contribution in [2.24, 2.45) is 0 Å². The van der Waals surface area contributed by atoms with Crippen LogP contribution in [0.4, 0.5) is 13.2 Å². The lowest BCUT2D eigenvalue weighted by molar-refractivity contribution is -0.159. The van der Waals surface area contributed by atoms with Gasteiger partial charge in [0.05, 0.1) is 18.6 Å². The average molecular weight is 193 g/mol. The number of alkyl halides is 4. The third kappa shape index (κ3) is 10.0. The van der Waals surface area contributed by atoms with Gasteiger partial charge in [-0.15, -0.1) is 11.6 Å². The molecule has 1 heterocycles. The molecule has 1 saturated heterocycles. The first kappa shape index (κ1) is 11.0. The lowest BCUT2D eigenvalue weighted by Crippen LogP contribution is -2.12. The summed E-state index contributed by atoms with van der Waals surface area (Å²) in [6.45, 7) is -0.851. The number of hydrogen-bond donors (Lipinski definition) is 1. The zero-order valence-corrected chi connectivity index (χ0v) is 6.32. The normalized spacial score (nSPS) is 22.1. The molecule has 0 spiro atoms. The zero-order chi connectivity index (χ0) is 8.91. The highest BCUT2D eigenvalue weighted by Gasteiger charge is 2.24. The molecule has 1 N–H and O–H groups in total. The zero-order valence-electron chi connectivity index (χ0n) is 5.57. The van der Waals surface area contributed by atoms with Crippen LogP contribution in [0.25, 0.3) is 0 Å². The molecule has 0 aromatic carbocycles. The highest BCUT2D eigenvalue weighted by atomic mass is 35.5. The summed E-state index contributed by atoms with van der Waals surface area (Å²) < 4.78 is 36.3. The average Bonchev–Trinajstić information content (AvgIpc) is 2.69. The summed E-state index contributed by atoms with van der Waals surface area (Å²) in [5.74, 6) is 0.667. The molecule has 0 bridgehead atoms. The van der Waals surface area contributed by atoms with Crippen molar-refractivity contribution in [1.82, 2.24) is 0 Å². The molecule has 0 aromatic heterocycles. The van der Waals surface area contributed by atoms with Crippen molar-refractivity contribution >= 4 is 11.6 Å². The molecular weight excluding hydrogens is 184 g/mol. The molecule has 0 radical (unpaired) electrons. The van der Waals surface area contributed by atoms with E-state index in [1.54, 1.807) is 0 Å². The predicted octanol–water partition coefficient (Wildman–Crippen LogP) is 1.16. The van der Waals surface area contributed by atoms with Gasteiger partial charge in [0.2, 0.25) is 0 Å². The van der Waals surface area contributed by atoms with Crippen LogP contribution in [0.1, 0.15) is 0 Å². The van der Waals surface area contributed by atoms with Crippen LogP contribution in [0.2, 0.25) is 0 Å². The van der Waals surface area contributed by atoms with Crippen LogP contribution in [0, 0.1) is 0 Å². The predicted molar refractivity (Wildman–Crippen MR) is 33.6 cm³/mol. The Morgan fingerprint density at radius 1 is 1.55 bits per heavy atom. The Labute approximate surface area is 66.9 Å². The van der Waals surface area contributed by atoms with E-state index in [4.69, 9.17) is 21.4 Å². The minimum atomic E-state index is -4.40. The molecule has 1 aliphatic rings.